The van der Waals surface area contributed by atoms with Gasteiger partial charge in [-0.3, -0.25) is 0 Å². The lowest BCUT2D eigenvalue weighted by Crippen LogP contribution is -2.44. The van der Waals surface area contributed by atoms with E-state index in [-0.39, 0.29) is 5.41 Å². The standard InChI is InChI=1S/C16H33/c1-9-11-13(3)16(8,15(5,6)7)14(4)12-10-2/h13-14H,5,9-12H2,1-4,6-8H3. The molecule has 0 saturated carbocycles. The summed E-state index contributed by atoms with van der Waals surface area (Å²) in [5.41, 5.74) is 0.495. The molecule has 97 valence electrons. The van der Waals surface area contributed by atoms with Gasteiger partial charge in [0.1, 0.15) is 0 Å². The Hall–Kier alpha value is 0. The van der Waals surface area contributed by atoms with Crippen molar-refractivity contribution in [3.8, 4) is 0 Å². The summed E-state index contributed by atoms with van der Waals surface area (Å²) in [5.74, 6) is 1.51. The summed E-state index contributed by atoms with van der Waals surface area (Å²) in [6.45, 7) is 20.9. The maximum atomic E-state index is 4.45. The van der Waals surface area contributed by atoms with Gasteiger partial charge in [0.05, 0.1) is 0 Å². The van der Waals surface area contributed by atoms with Crippen molar-refractivity contribution in [1.82, 2.24) is 0 Å². The molecule has 0 nitrogen and oxygen atoms in total. The molecule has 2 unspecified atom stereocenters. The molecular formula is C16H33. The molecule has 0 aromatic carbocycles. The maximum Gasteiger partial charge on any atom is -0.0223 e. The highest BCUT2D eigenvalue weighted by molar-refractivity contribution is 4.97. The van der Waals surface area contributed by atoms with Crippen LogP contribution in [0.2, 0.25) is 0 Å². The highest BCUT2D eigenvalue weighted by atomic mass is 14.5. The van der Waals surface area contributed by atoms with Crippen LogP contribution in [0.25, 0.3) is 0 Å². The van der Waals surface area contributed by atoms with Crippen molar-refractivity contribution in [3.63, 3.8) is 0 Å². The molecule has 0 saturated heterocycles. The van der Waals surface area contributed by atoms with Gasteiger partial charge in [-0.2, -0.15) is 0 Å². The molecule has 0 heterocycles. The first kappa shape index (κ1) is 16.0. The molecule has 0 aromatic heterocycles. The van der Waals surface area contributed by atoms with Gasteiger partial charge in [0.15, 0.2) is 0 Å². The summed E-state index contributed by atoms with van der Waals surface area (Å²) < 4.78 is 0. The van der Waals surface area contributed by atoms with E-state index in [2.05, 4.69) is 55.4 Å². The molecule has 0 N–H and O–H groups in total. The minimum atomic E-state index is 0.149. The Labute approximate surface area is 104 Å². The zero-order valence-corrected chi connectivity index (χ0v) is 12.7. The lowest BCUT2D eigenvalue weighted by Gasteiger charge is -2.51. The van der Waals surface area contributed by atoms with Crippen LogP contribution in [0, 0.1) is 29.6 Å². The van der Waals surface area contributed by atoms with Crippen molar-refractivity contribution < 1.29 is 0 Å². The van der Waals surface area contributed by atoms with E-state index in [1.165, 1.54) is 25.7 Å². The molecule has 0 bridgehead atoms. The molecule has 16 heavy (non-hydrogen) atoms. The Kier molecular flexibility index (Phi) is 6.07. The molecule has 0 rings (SSSR count). The van der Waals surface area contributed by atoms with Gasteiger partial charge in [-0.15, -0.1) is 0 Å². The van der Waals surface area contributed by atoms with Crippen molar-refractivity contribution in [2.75, 3.05) is 0 Å². The van der Waals surface area contributed by atoms with Crippen LogP contribution in [0.5, 0.6) is 0 Å². The number of hydrogen-bond acceptors (Lipinski definition) is 0. The Bertz CT molecular complexity index is 173. The first-order chi connectivity index (χ1) is 7.21. The molecule has 0 fully saturated rings. The van der Waals surface area contributed by atoms with Crippen LogP contribution >= 0.6 is 0 Å². The molecule has 0 aliphatic heterocycles. The van der Waals surface area contributed by atoms with E-state index in [0.29, 0.717) is 5.41 Å². The molecule has 0 aliphatic rings. The summed E-state index contributed by atoms with van der Waals surface area (Å²) in [6.07, 6.45) is 5.21. The molecule has 2 atom stereocenters. The minimum absolute atomic E-state index is 0.149. The normalized spacial score (nSPS) is 20.2. The third kappa shape index (κ3) is 3.25. The van der Waals surface area contributed by atoms with Crippen LogP contribution in [0.1, 0.15) is 74.1 Å². The lowest BCUT2D eigenvalue weighted by molar-refractivity contribution is -0.00457. The zero-order chi connectivity index (χ0) is 13.0. The van der Waals surface area contributed by atoms with Gasteiger partial charge in [-0.1, -0.05) is 74.1 Å². The first-order valence-electron chi connectivity index (χ1n) is 7.07. The van der Waals surface area contributed by atoms with E-state index >= 15 is 0 Å². The van der Waals surface area contributed by atoms with Crippen LogP contribution < -0.4 is 0 Å². The molecule has 0 amide bonds. The van der Waals surface area contributed by atoms with Gasteiger partial charge >= 0.3 is 0 Å². The number of hydrogen-bond donors (Lipinski definition) is 0. The van der Waals surface area contributed by atoms with Crippen LogP contribution in [-0.4, -0.2) is 0 Å². The number of rotatable bonds is 7. The summed E-state index contributed by atoms with van der Waals surface area (Å²) >= 11 is 0. The van der Waals surface area contributed by atoms with E-state index in [9.17, 15) is 0 Å². The highest BCUT2D eigenvalue weighted by Crippen LogP contribution is 2.52. The average molecular weight is 225 g/mol. The van der Waals surface area contributed by atoms with Crippen molar-refractivity contribution >= 4 is 0 Å². The summed E-state index contributed by atoms with van der Waals surface area (Å²) in [7, 11) is 0. The fourth-order valence-electron chi connectivity index (χ4n) is 3.29. The van der Waals surface area contributed by atoms with Crippen molar-refractivity contribution in [2.24, 2.45) is 22.7 Å². The zero-order valence-electron chi connectivity index (χ0n) is 12.7. The predicted octanol–water partition coefficient (Wildman–Crippen LogP) is 5.73. The molecule has 0 spiro atoms. The lowest BCUT2D eigenvalue weighted by atomic mass is 9.54. The van der Waals surface area contributed by atoms with Gasteiger partial charge in [0.2, 0.25) is 0 Å². The van der Waals surface area contributed by atoms with Crippen molar-refractivity contribution in [2.45, 2.75) is 74.1 Å². The topological polar surface area (TPSA) is 0 Å². The molecule has 0 aliphatic carbocycles. The van der Waals surface area contributed by atoms with Crippen molar-refractivity contribution in [1.29, 1.82) is 0 Å². The summed E-state index contributed by atoms with van der Waals surface area (Å²) in [6, 6.07) is 0. The van der Waals surface area contributed by atoms with Gasteiger partial charge in [0.25, 0.3) is 0 Å². The second-order valence-corrected chi connectivity index (χ2v) is 6.55. The first-order valence-corrected chi connectivity index (χ1v) is 7.07. The molecular weight excluding hydrogens is 192 g/mol. The van der Waals surface area contributed by atoms with Crippen LogP contribution in [0.15, 0.2) is 0 Å². The second-order valence-electron chi connectivity index (χ2n) is 6.55. The fourth-order valence-corrected chi connectivity index (χ4v) is 3.29. The quantitative estimate of drug-likeness (QED) is 0.519. The fraction of sp³-hybridized carbons (Fsp3) is 0.938. The van der Waals surface area contributed by atoms with E-state index in [1.54, 1.807) is 0 Å². The summed E-state index contributed by atoms with van der Waals surface area (Å²) in [4.78, 5) is 0. The van der Waals surface area contributed by atoms with Crippen molar-refractivity contribution in [3.05, 3.63) is 6.92 Å². The Balaban J connectivity index is 5.03. The Morgan fingerprint density at radius 2 is 1.19 bits per heavy atom. The van der Waals surface area contributed by atoms with E-state index in [0.717, 1.165) is 11.8 Å². The van der Waals surface area contributed by atoms with Crippen LogP contribution in [0.4, 0.5) is 0 Å². The van der Waals surface area contributed by atoms with Crippen LogP contribution in [-0.2, 0) is 0 Å². The van der Waals surface area contributed by atoms with E-state index in [1.807, 2.05) is 0 Å². The smallest absolute Gasteiger partial charge is 0.0223 e. The largest absolute Gasteiger partial charge is 0.0654 e. The predicted molar refractivity (Wildman–Crippen MR) is 75.4 cm³/mol. The summed E-state index contributed by atoms with van der Waals surface area (Å²) in [5, 5.41) is 0. The third-order valence-corrected chi connectivity index (χ3v) is 4.95. The SMILES string of the molecule is [CH2]C(C)(C)C(C)(C(C)CCC)C(C)CCC. The third-order valence-electron chi connectivity index (χ3n) is 4.95. The van der Waals surface area contributed by atoms with E-state index in [4.69, 9.17) is 0 Å². The van der Waals surface area contributed by atoms with E-state index < -0.39 is 0 Å². The minimum Gasteiger partial charge on any atom is -0.0654 e. The Morgan fingerprint density at radius 1 is 0.875 bits per heavy atom. The van der Waals surface area contributed by atoms with Crippen LogP contribution in [0.3, 0.4) is 0 Å². The van der Waals surface area contributed by atoms with Gasteiger partial charge in [-0.25, -0.2) is 0 Å². The van der Waals surface area contributed by atoms with Gasteiger partial charge in [0, 0.05) is 0 Å². The second kappa shape index (κ2) is 6.07. The molecule has 1 radical (unpaired) electrons. The molecule has 0 heteroatoms. The Morgan fingerprint density at radius 3 is 1.38 bits per heavy atom. The van der Waals surface area contributed by atoms with Gasteiger partial charge in [-0.05, 0) is 29.6 Å². The highest BCUT2D eigenvalue weighted by Gasteiger charge is 2.44. The molecule has 0 aromatic rings. The average Bonchev–Trinajstić information content (AvgIpc) is 2.15. The maximum absolute atomic E-state index is 4.45. The van der Waals surface area contributed by atoms with Gasteiger partial charge < -0.3 is 0 Å². The monoisotopic (exact) mass is 225 g/mol.